The van der Waals surface area contributed by atoms with Gasteiger partial charge in [-0.2, -0.15) is 0 Å². The summed E-state index contributed by atoms with van der Waals surface area (Å²) in [7, 11) is 1.61. The molecule has 2 nitrogen and oxygen atoms in total. The molecular weight excluding hydrogens is 229 g/mol. The van der Waals surface area contributed by atoms with Crippen molar-refractivity contribution in [2.75, 3.05) is 13.7 Å². The van der Waals surface area contributed by atoms with Gasteiger partial charge in [0.05, 0.1) is 7.11 Å². The first-order valence-corrected chi connectivity index (χ1v) is 6.74. The molecule has 1 unspecified atom stereocenters. The standard InChI is InChI=1S/C15H22FNO/c1-10(2)15-12(13-6-4-5-7-17-13)8-11(16)9-14(15)18-3/h8-10,13,17H,4-7H2,1-3H3. The van der Waals surface area contributed by atoms with Crippen LogP contribution in [0.15, 0.2) is 12.1 Å². The Balaban J connectivity index is 2.45. The van der Waals surface area contributed by atoms with Crippen LogP contribution < -0.4 is 10.1 Å². The summed E-state index contributed by atoms with van der Waals surface area (Å²) < 4.78 is 19.1. The molecule has 18 heavy (non-hydrogen) atoms. The fraction of sp³-hybridized carbons (Fsp3) is 0.600. The molecule has 1 aliphatic rings. The van der Waals surface area contributed by atoms with E-state index in [2.05, 4.69) is 19.2 Å². The van der Waals surface area contributed by atoms with E-state index in [0.29, 0.717) is 11.7 Å². The number of methoxy groups -OCH3 is 1. The SMILES string of the molecule is COc1cc(F)cc(C2CCCCN2)c1C(C)C. The molecule has 1 atom stereocenters. The third-order valence-corrected chi connectivity index (χ3v) is 3.62. The van der Waals surface area contributed by atoms with E-state index in [1.54, 1.807) is 13.2 Å². The molecule has 0 aliphatic carbocycles. The maximum absolute atomic E-state index is 13.7. The molecule has 1 saturated heterocycles. The van der Waals surface area contributed by atoms with Crippen LogP contribution in [0.3, 0.4) is 0 Å². The van der Waals surface area contributed by atoms with Crippen molar-refractivity contribution in [2.24, 2.45) is 0 Å². The normalized spacial score (nSPS) is 20.2. The maximum Gasteiger partial charge on any atom is 0.127 e. The van der Waals surface area contributed by atoms with Gasteiger partial charge < -0.3 is 10.1 Å². The van der Waals surface area contributed by atoms with Crippen molar-refractivity contribution in [2.45, 2.75) is 45.1 Å². The van der Waals surface area contributed by atoms with E-state index >= 15 is 0 Å². The number of piperidine rings is 1. The molecule has 1 N–H and O–H groups in total. The highest BCUT2D eigenvalue weighted by Gasteiger charge is 2.23. The zero-order chi connectivity index (χ0) is 13.1. The number of benzene rings is 1. The predicted octanol–water partition coefficient (Wildman–Crippen LogP) is 3.77. The van der Waals surface area contributed by atoms with Gasteiger partial charge in [-0.3, -0.25) is 0 Å². The first-order valence-electron chi connectivity index (χ1n) is 6.74. The van der Waals surface area contributed by atoms with Crippen molar-refractivity contribution in [3.05, 3.63) is 29.1 Å². The third-order valence-electron chi connectivity index (χ3n) is 3.62. The molecular formula is C15H22FNO. The quantitative estimate of drug-likeness (QED) is 0.883. The average Bonchev–Trinajstić information content (AvgIpc) is 2.38. The number of nitrogens with one attached hydrogen (secondary N) is 1. The van der Waals surface area contributed by atoms with Crippen LogP contribution in [-0.4, -0.2) is 13.7 Å². The molecule has 1 fully saturated rings. The predicted molar refractivity (Wildman–Crippen MR) is 71.6 cm³/mol. The summed E-state index contributed by atoms with van der Waals surface area (Å²) >= 11 is 0. The molecule has 0 saturated carbocycles. The van der Waals surface area contributed by atoms with Crippen LogP contribution in [0.25, 0.3) is 0 Å². The van der Waals surface area contributed by atoms with Crippen LogP contribution in [0.1, 0.15) is 56.2 Å². The van der Waals surface area contributed by atoms with E-state index in [1.807, 2.05) is 0 Å². The van der Waals surface area contributed by atoms with Crippen LogP contribution in [0.4, 0.5) is 4.39 Å². The number of halogens is 1. The lowest BCUT2D eigenvalue weighted by Crippen LogP contribution is -2.28. The Hall–Kier alpha value is -1.09. The monoisotopic (exact) mass is 251 g/mol. The molecule has 0 bridgehead atoms. The zero-order valence-corrected chi connectivity index (χ0v) is 11.4. The molecule has 0 spiro atoms. The summed E-state index contributed by atoms with van der Waals surface area (Å²) in [6.45, 7) is 5.27. The Kier molecular flexibility index (Phi) is 4.23. The number of rotatable bonds is 3. The largest absolute Gasteiger partial charge is 0.496 e. The topological polar surface area (TPSA) is 21.3 Å². The van der Waals surface area contributed by atoms with E-state index in [-0.39, 0.29) is 11.9 Å². The van der Waals surface area contributed by atoms with Gasteiger partial charge in [-0.25, -0.2) is 4.39 Å². The Morgan fingerprint density at radius 1 is 1.33 bits per heavy atom. The fourth-order valence-electron chi connectivity index (χ4n) is 2.81. The molecule has 100 valence electrons. The van der Waals surface area contributed by atoms with Crippen molar-refractivity contribution in [3.8, 4) is 5.75 Å². The molecule has 1 aromatic carbocycles. The minimum Gasteiger partial charge on any atom is -0.496 e. The number of ether oxygens (including phenoxy) is 1. The Bertz CT molecular complexity index is 411. The fourth-order valence-corrected chi connectivity index (χ4v) is 2.81. The molecule has 1 heterocycles. The van der Waals surface area contributed by atoms with Gasteiger partial charge in [0.1, 0.15) is 11.6 Å². The zero-order valence-electron chi connectivity index (χ0n) is 11.4. The van der Waals surface area contributed by atoms with Crippen molar-refractivity contribution in [1.29, 1.82) is 0 Å². The van der Waals surface area contributed by atoms with Gasteiger partial charge in [0.25, 0.3) is 0 Å². The molecule has 1 aliphatic heterocycles. The Morgan fingerprint density at radius 3 is 2.67 bits per heavy atom. The van der Waals surface area contributed by atoms with Crippen molar-refractivity contribution in [1.82, 2.24) is 5.32 Å². The van der Waals surface area contributed by atoms with E-state index in [9.17, 15) is 4.39 Å². The number of hydrogen-bond acceptors (Lipinski definition) is 2. The highest BCUT2D eigenvalue weighted by molar-refractivity contribution is 5.44. The van der Waals surface area contributed by atoms with Crippen LogP contribution in [-0.2, 0) is 0 Å². The van der Waals surface area contributed by atoms with Gasteiger partial charge >= 0.3 is 0 Å². The van der Waals surface area contributed by atoms with Crippen LogP contribution >= 0.6 is 0 Å². The third kappa shape index (κ3) is 2.66. The highest BCUT2D eigenvalue weighted by atomic mass is 19.1. The van der Waals surface area contributed by atoms with E-state index in [1.165, 1.54) is 18.9 Å². The smallest absolute Gasteiger partial charge is 0.127 e. The minimum absolute atomic E-state index is 0.210. The van der Waals surface area contributed by atoms with E-state index in [4.69, 9.17) is 4.74 Å². The van der Waals surface area contributed by atoms with Gasteiger partial charge in [-0.05, 0) is 36.9 Å². The van der Waals surface area contributed by atoms with E-state index in [0.717, 1.165) is 24.1 Å². The lowest BCUT2D eigenvalue weighted by atomic mass is 9.88. The summed E-state index contributed by atoms with van der Waals surface area (Å²) in [5.74, 6) is 0.797. The van der Waals surface area contributed by atoms with Crippen LogP contribution in [0.2, 0.25) is 0 Å². The second-order valence-corrected chi connectivity index (χ2v) is 5.27. The minimum atomic E-state index is -0.210. The summed E-state index contributed by atoms with van der Waals surface area (Å²) in [5, 5.41) is 3.49. The van der Waals surface area contributed by atoms with Crippen LogP contribution in [0.5, 0.6) is 5.75 Å². The summed E-state index contributed by atoms with van der Waals surface area (Å²) in [6, 6.07) is 3.42. The van der Waals surface area contributed by atoms with Gasteiger partial charge in [-0.1, -0.05) is 20.3 Å². The Morgan fingerprint density at radius 2 is 2.11 bits per heavy atom. The first kappa shape index (κ1) is 13.3. The second kappa shape index (κ2) is 5.70. The maximum atomic E-state index is 13.7. The van der Waals surface area contributed by atoms with Gasteiger partial charge in [0.2, 0.25) is 0 Å². The van der Waals surface area contributed by atoms with Crippen molar-refractivity contribution < 1.29 is 9.13 Å². The molecule has 1 aromatic rings. The molecule has 0 amide bonds. The molecule has 0 aromatic heterocycles. The molecule has 0 radical (unpaired) electrons. The second-order valence-electron chi connectivity index (χ2n) is 5.27. The summed E-state index contributed by atoms with van der Waals surface area (Å²) in [4.78, 5) is 0. The van der Waals surface area contributed by atoms with Crippen LogP contribution in [0, 0.1) is 5.82 Å². The summed E-state index contributed by atoms with van der Waals surface area (Å²) in [5.41, 5.74) is 2.21. The van der Waals surface area contributed by atoms with Gasteiger partial charge in [0.15, 0.2) is 0 Å². The highest BCUT2D eigenvalue weighted by Crippen LogP contribution is 2.36. The molecule has 2 rings (SSSR count). The lowest BCUT2D eigenvalue weighted by Gasteiger charge is -2.28. The average molecular weight is 251 g/mol. The van der Waals surface area contributed by atoms with Gasteiger partial charge in [-0.15, -0.1) is 0 Å². The Labute approximate surface area is 109 Å². The number of hydrogen-bond donors (Lipinski definition) is 1. The van der Waals surface area contributed by atoms with Crippen molar-refractivity contribution >= 4 is 0 Å². The van der Waals surface area contributed by atoms with E-state index < -0.39 is 0 Å². The van der Waals surface area contributed by atoms with Gasteiger partial charge in [0, 0.05) is 17.7 Å². The summed E-state index contributed by atoms with van der Waals surface area (Å²) in [6.07, 6.45) is 3.49. The molecule has 3 heteroatoms. The first-order chi connectivity index (χ1) is 8.63. The lowest BCUT2D eigenvalue weighted by molar-refractivity contribution is 0.387. The van der Waals surface area contributed by atoms with Crippen molar-refractivity contribution in [3.63, 3.8) is 0 Å².